The number of benzene rings is 1. The van der Waals surface area contributed by atoms with Gasteiger partial charge in [-0.25, -0.2) is 4.79 Å². The molecule has 0 aromatic heterocycles. The average Bonchev–Trinajstić information content (AvgIpc) is 2.39. The average molecular weight is 250 g/mol. The molecule has 0 radical (unpaired) electrons. The second-order valence-corrected chi connectivity index (χ2v) is 4.49. The lowest BCUT2D eigenvalue weighted by atomic mass is 9.86. The van der Waals surface area contributed by atoms with Crippen LogP contribution >= 0.6 is 0 Å². The van der Waals surface area contributed by atoms with Gasteiger partial charge in [0.25, 0.3) is 0 Å². The maximum absolute atomic E-state index is 11.6. The first-order valence-corrected chi connectivity index (χ1v) is 6.33. The topological polar surface area (TPSA) is 66.8 Å². The van der Waals surface area contributed by atoms with Crippen LogP contribution in [0.25, 0.3) is 0 Å². The molecule has 1 unspecified atom stereocenters. The van der Waals surface area contributed by atoms with E-state index in [2.05, 4.69) is 0 Å². The van der Waals surface area contributed by atoms with Gasteiger partial charge in [0.15, 0.2) is 6.10 Å². The summed E-state index contributed by atoms with van der Waals surface area (Å²) in [4.78, 5) is 11.6. The van der Waals surface area contributed by atoms with Crippen molar-refractivity contribution in [2.45, 2.75) is 38.7 Å². The van der Waals surface area contributed by atoms with Crippen LogP contribution in [-0.4, -0.2) is 22.8 Å². The zero-order chi connectivity index (χ0) is 13.1. The molecule has 4 nitrogen and oxygen atoms in total. The van der Waals surface area contributed by atoms with E-state index in [4.69, 9.17) is 4.74 Å². The van der Waals surface area contributed by atoms with Gasteiger partial charge in [0, 0.05) is 0 Å². The highest BCUT2D eigenvalue weighted by Crippen LogP contribution is 2.34. The number of phenolic OH excluding ortho intramolecular Hbond substituents is 1. The summed E-state index contributed by atoms with van der Waals surface area (Å²) < 4.78 is 4.83. The Morgan fingerprint density at radius 2 is 2.00 bits per heavy atom. The molecular formula is C14H18O4. The molecule has 18 heavy (non-hydrogen) atoms. The predicted octanol–water partition coefficient (Wildman–Crippen LogP) is 1.87. The number of ether oxygens (including phenoxy) is 1. The molecule has 2 rings (SSSR count). The maximum Gasteiger partial charge on any atom is 0.339 e. The van der Waals surface area contributed by atoms with Gasteiger partial charge in [0.05, 0.1) is 6.61 Å². The van der Waals surface area contributed by atoms with Gasteiger partial charge in [0.2, 0.25) is 0 Å². The lowest BCUT2D eigenvalue weighted by molar-refractivity contribution is -0.153. The van der Waals surface area contributed by atoms with Crippen molar-refractivity contribution < 1.29 is 19.7 Å². The molecule has 0 heterocycles. The first-order valence-electron chi connectivity index (χ1n) is 6.33. The zero-order valence-electron chi connectivity index (χ0n) is 10.5. The third-order valence-electron chi connectivity index (χ3n) is 3.35. The minimum Gasteiger partial charge on any atom is -0.508 e. The number of esters is 1. The number of hydrogen-bond donors (Lipinski definition) is 2. The van der Waals surface area contributed by atoms with Crippen LogP contribution in [0.5, 0.6) is 5.75 Å². The molecule has 0 spiro atoms. The summed E-state index contributed by atoms with van der Waals surface area (Å²) >= 11 is 0. The largest absolute Gasteiger partial charge is 0.508 e. The fourth-order valence-corrected chi connectivity index (χ4v) is 2.48. The van der Waals surface area contributed by atoms with Crippen LogP contribution in [0.15, 0.2) is 12.1 Å². The molecular weight excluding hydrogens is 232 g/mol. The molecule has 0 saturated carbocycles. The van der Waals surface area contributed by atoms with E-state index in [0.29, 0.717) is 5.56 Å². The van der Waals surface area contributed by atoms with E-state index in [1.807, 2.05) is 0 Å². The normalized spacial score (nSPS) is 15.9. The molecule has 0 amide bonds. The fourth-order valence-electron chi connectivity index (χ4n) is 2.48. The van der Waals surface area contributed by atoms with E-state index in [9.17, 15) is 15.0 Å². The van der Waals surface area contributed by atoms with Crippen molar-refractivity contribution in [2.75, 3.05) is 6.61 Å². The Labute approximate surface area is 106 Å². The summed E-state index contributed by atoms with van der Waals surface area (Å²) in [6.07, 6.45) is 2.37. The Hall–Kier alpha value is -1.55. The summed E-state index contributed by atoms with van der Waals surface area (Å²) in [6.45, 7) is 1.95. The van der Waals surface area contributed by atoms with Crippen molar-refractivity contribution in [2.24, 2.45) is 0 Å². The number of aromatic hydroxyl groups is 1. The second kappa shape index (κ2) is 5.40. The molecule has 1 aliphatic rings. The molecule has 1 aromatic carbocycles. The summed E-state index contributed by atoms with van der Waals surface area (Å²) in [5.41, 5.74) is 2.34. The smallest absolute Gasteiger partial charge is 0.339 e. The minimum atomic E-state index is -1.25. The van der Waals surface area contributed by atoms with Crippen LogP contribution in [0.4, 0.5) is 0 Å². The van der Waals surface area contributed by atoms with E-state index < -0.39 is 12.1 Å². The SMILES string of the molecule is CCOC(=O)C(O)c1ccc(O)c2c1CCCC2. The molecule has 1 atom stereocenters. The first-order chi connectivity index (χ1) is 8.65. The number of hydrogen-bond acceptors (Lipinski definition) is 4. The Balaban J connectivity index is 2.36. The molecule has 0 fully saturated rings. The van der Waals surface area contributed by atoms with Gasteiger partial charge in [-0.05, 0) is 55.4 Å². The van der Waals surface area contributed by atoms with Gasteiger partial charge in [-0.15, -0.1) is 0 Å². The van der Waals surface area contributed by atoms with Gasteiger partial charge in [0.1, 0.15) is 5.75 Å². The van der Waals surface area contributed by atoms with Crippen LogP contribution in [0.2, 0.25) is 0 Å². The lowest BCUT2D eigenvalue weighted by Crippen LogP contribution is -2.18. The predicted molar refractivity (Wildman–Crippen MR) is 66.3 cm³/mol. The quantitative estimate of drug-likeness (QED) is 0.804. The van der Waals surface area contributed by atoms with Crippen molar-refractivity contribution >= 4 is 5.97 Å². The molecule has 2 N–H and O–H groups in total. The molecule has 4 heteroatoms. The Bertz CT molecular complexity index is 453. The van der Waals surface area contributed by atoms with Crippen molar-refractivity contribution in [3.05, 3.63) is 28.8 Å². The van der Waals surface area contributed by atoms with Crippen LogP contribution in [0, 0.1) is 0 Å². The third kappa shape index (κ3) is 2.34. The highest BCUT2D eigenvalue weighted by atomic mass is 16.5. The third-order valence-corrected chi connectivity index (χ3v) is 3.35. The molecule has 0 bridgehead atoms. The van der Waals surface area contributed by atoms with Gasteiger partial charge in [-0.2, -0.15) is 0 Å². The van der Waals surface area contributed by atoms with Gasteiger partial charge in [-0.3, -0.25) is 0 Å². The number of fused-ring (bicyclic) bond motifs is 1. The van der Waals surface area contributed by atoms with E-state index in [0.717, 1.165) is 36.8 Å². The van der Waals surface area contributed by atoms with Crippen molar-refractivity contribution in [3.63, 3.8) is 0 Å². The number of aliphatic hydroxyl groups excluding tert-OH is 1. The van der Waals surface area contributed by atoms with Crippen molar-refractivity contribution in [3.8, 4) is 5.75 Å². The number of phenols is 1. The van der Waals surface area contributed by atoms with E-state index in [1.54, 1.807) is 19.1 Å². The standard InChI is InChI=1S/C14H18O4/c1-2-18-14(17)13(16)11-7-8-12(15)10-6-4-3-5-9(10)11/h7-8,13,15-16H,2-6H2,1H3. The highest BCUT2D eigenvalue weighted by Gasteiger charge is 2.25. The van der Waals surface area contributed by atoms with E-state index in [1.165, 1.54) is 0 Å². The van der Waals surface area contributed by atoms with Gasteiger partial charge >= 0.3 is 5.97 Å². The molecule has 98 valence electrons. The van der Waals surface area contributed by atoms with Crippen LogP contribution in [0.3, 0.4) is 0 Å². The molecule has 0 saturated heterocycles. The van der Waals surface area contributed by atoms with Crippen LogP contribution in [-0.2, 0) is 22.4 Å². The number of carbonyl (C=O) groups excluding carboxylic acids is 1. The Morgan fingerprint density at radius 1 is 1.33 bits per heavy atom. The van der Waals surface area contributed by atoms with Crippen LogP contribution in [0.1, 0.15) is 42.6 Å². The number of rotatable bonds is 3. The second-order valence-electron chi connectivity index (χ2n) is 4.49. The molecule has 0 aliphatic heterocycles. The lowest BCUT2D eigenvalue weighted by Gasteiger charge is -2.22. The fraction of sp³-hybridized carbons (Fsp3) is 0.500. The minimum absolute atomic E-state index is 0.246. The van der Waals surface area contributed by atoms with E-state index in [-0.39, 0.29) is 12.4 Å². The van der Waals surface area contributed by atoms with Gasteiger partial charge in [-0.1, -0.05) is 6.07 Å². The van der Waals surface area contributed by atoms with Crippen molar-refractivity contribution in [1.82, 2.24) is 0 Å². The van der Waals surface area contributed by atoms with Crippen LogP contribution < -0.4 is 0 Å². The Morgan fingerprint density at radius 3 is 2.67 bits per heavy atom. The summed E-state index contributed by atoms with van der Waals surface area (Å²) in [7, 11) is 0. The monoisotopic (exact) mass is 250 g/mol. The maximum atomic E-state index is 11.6. The number of aliphatic hydroxyl groups is 1. The summed E-state index contributed by atoms with van der Waals surface area (Å²) in [6, 6.07) is 3.16. The Kier molecular flexibility index (Phi) is 3.87. The van der Waals surface area contributed by atoms with Gasteiger partial charge < -0.3 is 14.9 Å². The summed E-state index contributed by atoms with van der Waals surface area (Å²) in [5, 5.41) is 19.8. The number of carbonyl (C=O) groups is 1. The molecule has 1 aromatic rings. The summed E-state index contributed by atoms with van der Waals surface area (Å²) in [5.74, 6) is -0.375. The van der Waals surface area contributed by atoms with Crippen molar-refractivity contribution in [1.29, 1.82) is 0 Å². The zero-order valence-corrected chi connectivity index (χ0v) is 10.5. The first kappa shape index (κ1) is 12.9. The van der Waals surface area contributed by atoms with E-state index >= 15 is 0 Å². The molecule has 1 aliphatic carbocycles. The highest BCUT2D eigenvalue weighted by molar-refractivity contribution is 5.77.